The summed E-state index contributed by atoms with van der Waals surface area (Å²) < 4.78 is 5.68. The first-order chi connectivity index (χ1) is 20.3. The summed E-state index contributed by atoms with van der Waals surface area (Å²) in [4.78, 5) is 41.6. The van der Waals surface area contributed by atoms with E-state index in [2.05, 4.69) is 60.2 Å². The minimum absolute atomic E-state index is 0.00421. The van der Waals surface area contributed by atoms with Crippen LogP contribution in [0.25, 0.3) is 0 Å². The molecule has 1 fully saturated rings. The van der Waals surface area contributed by atoms with Crippen molar-refractivity contribution in [3.8, 4) is 5.75 Å². The number of nitrogens with zero attached hydrogens (tertiary/aromatic N) is 5. The van der Waals surface area contributed by atoms with Crippen LogP contribution in [0.2, 0.25) is 0 Å². The van der Waals surface area contributed by atoms with Crippen molar-refractivity contribution in [2.75, 3.05) is 42.9 Å². The maximum atomic E-state index is 13.3. The standard InChI is InChI=1S/C33H43N7O3/c1-21-11-9-10-12-25(21)40-16-15-28(41)38(6)26-20-34-31(37-29(26)40)36-24-14-13-22(17-27(24)43-8)30(42)35-23-18-32(2,3)39(7)33(4,5)19-23/h9-14,17,20,23H,15-16,18-19H2,1-8H3,(H,35,42)(H,34,36,37). The highest BCUT2D eigenvalue weighted by atomic mass is 16.5. The van der Waals surface area contributed by atoms with Crippen LogP contribution in [0.1, 0.15) is 62.9 Å². The molecule has 5 rings (SSSR count). The van der Waals surface area contributed by atoms with Crippen LogP contribution in [0.5, 0.6) is 5.75 Å². The second-order valence-electron chi connectivity index (χ2n) is 12.8. The van der Waals surface area contributed by atoms with E-state index in [4.69, 9.17) is 9.72 Å². The molecule has 228 valence electrons. The first-order valence-corrected chi connectivity index (χ1v) is 14.8. The van der Waals surface area contributed by atoms with Crippen molar-refractivity contribution >= 4 is 40.6 Å². The Morgan fingerprint density at radius 1 is 1.02 bits per heavy atom. The number of aromatic nitrogens is 2. The Morgan fingerprint density at radius 2 is 1.72 bits per heavy atom. The largest absolute Gasteiger partial charge is 0.495 e. The molecule has 0 aliphatic carbocycles. The maximum absolute atomic E-state index is 13.3. The smallest absolute Gasteiger partial charge is 0.251 e. The molecule has 2 aromatic carbocycles. The Kier molecular flexibility index (Phi) is 8.09. The fourth-order valence-corrected chi connectivity index (χ4v) is 6.38. The number of carbonyl (C=O) groups excluding carboxylic acids is 2. The number of amides is 2. The quantitative estimate of drug-likeness (QED) is 0.395. The van der Waals surface area contributed by atoms with Crippen LogP contribution >= 0.6 is 0 Å². The zero-order valence-corrected chi connectivity index (χ0v) is 26.5. The number of ether oxygens (including phenoxy) is 1. The van der Waals surface area contributed by atoms with Crippen LogP contribution in [-0.4, -0.2) is 71.6 Å². The van der Waals surface area contributed by atoms with Crippen LogP contribution < -0.4 is 25.2 Å². The third kappa shape index (κ3) is 6.01. The molecule has 0 unspecified atom stereocenters. The number of methoxy groups -OCH3 is 1. The van der Waals surface area contributed by atoms with Gasteiger partial charge in [0.2, 0.25) is 11.9 Å². The van der Waals surface area contributed by atoms with Gasteiger partial charge in [0.25, 0.3) is 5.91 Å². The van der Waals surface area contributed by atoms with Crippen molar-refractivity contribution in [3.63, 3.8) is 0 Å². The van der Waals surface area contributed by atoms with E-state index in [0.29, 0.717) is 47.4 Å². The molecule has 3 heterocycles. The summed E-state index contributed by atoms with van der Waals surface area (Å²) in [6.45, 7) is 11.4. The normalized spacial score (nSPS) is 18.6. The van der Waals surface area contributed by atoms with Crippen molar-refractivity contribution in [3.05, 3.63) is 59.8 Å². The van der Waals surface area contributed by atoms with E-state index in [0.717, 1.165) is 24.1 Å². The summed E-state index contributed by atoms with van der Waals surface area (Å²) >= 11 is 0. The molecule has 1 aromatic heterocycles. The Hall–Kier alpha value is -4.18. The van der Waals surface area contributed by atoms with Crippen LogP contribution in [-0.2, 0) is 4.79 Å². The zero-order chi connectivity index (χ0) is 31.1. The Labute approximate surface area is 254 Å². The SMILES string of the molecule is COc1cc(C(=O)NC2CC(C)(C)N(C)C(C)(C)C2)ccc1Nc1ncc2c(n1)N(c1ccccc1C)CCC(=O)N2C. The maximum Gasteiger partial charge on any atom is 0.251 e. The second kappa shape index (κ2) is 11.5. The lowest BCUT2D eigenvalue weighted by molar-refractivity contribution is -0.118. The van der Waals surface area contributed by atoms with Crippen molar-refractivity contribution in [1.29, 1.82) is 0 Å². The van der Waals surface area contributed by atoms with Crippen molar-refractivity contribution in [2.45, 2.75) is 71.0 Å². The van der Waals surface area contributed by atoms with Crippen molar-refractivity contribution in [1.82, 2.24) is 20.2 Å². The van der Waals surface area contributed by atoms with Gasteiger partial charge in [-0.2, -0.15) is 4.98 Å². The summed E-state index contributed by atoms with van der Waals surface area (Å²) in [5.74, 6) is 1.36. The average molecular weight is 586 g/mol. The fourth-order valence-electron chi connectivity index (χ4n) is 6.38. The number of hydrogen-bond acceptors (Lipinski definition) is 8. The molecule has 3 aromatic rings. The van der Waals surface area contributed by atoms with Gasteiger partial charge in [-0.1, -0.05) is 18.2 Å². The summed E-state index contributed by atoms with van der Waals surface area (Å²) in [6, 6.07) is 13.4. The molecule has 2 aliphatic heterocycles. The Balaban J connectivity index is 1.39. The van der Waals surface area contributed by atoms with Gasteiger partial charge in [-0.3, -0.25) is 14.5 Å². The molecule has 0 atom stereocenters. The monoisotopic (exact) mass is 585 g/mol. The van der Waals surface area contributed by atoms with Crippen molar-refractivity contribution < 1.29 is 14.3 Å². The topological polar surface area (TPSA) is 103 Å². The van der Waals surface area contributed by atoms with Gasteiger partial charge in [-0.05, 0) is 84.3 Å². The van der Waals surface area contributed by atoms with E-state index < -0.39 is 0 Å². The Bertz CT molecular complexity index is 1520. The number of carbonyl (C=O) groups is 2. The molecular weight excluding hydrogens is 542 g/mol. The summed E-state index contributed by atoms with van der Waals surface area (Å²) in [5, 5.41) is 6.52. The van der Waals surface area contributed by atoms with E-state index in [1.54, 1.807) is 43.5 Å². The van der Waals surface area contributed by atoms with Crippen LogP contribution in [0.4, 0.5) is 28.8 Å². The van der Waals surface area contributed by atoms with Crippen LogP contribution in [0.15, 0.2) is 48.7 Å². The molecule has 0 saturated carbocycles. The lowest BCUT2D eigenvalue weighted by Crippen LogP contribution is -2.62. The molecule has 1 saturated heterocycles. The molecule has 0 radical (unpaired) electrons. The minimum atomic E-state index is -0.131. The molecule has 2 aliphatic rings. The number of nitrogens with one attached hydrogen (secondary N) is 2. The summed E-state index contributed by atoms with van der Waals surface area (Å²) in [7, 11) is 5.47. The Morgan fingerprint density at radius 3 is 2.40 bits per heavy atom. The highest BCUT2D eigenvalue weighted by molar-refractivity contribution is 5.98. The lowest BCUT2D eigenvalue weighted by atomic mass is 9.77. The van der Waals surface area contributed by atoms with Gasteiger partial charge in [0, 0.05) is 48.4 Å². The first kappa shape index (κ1) is 30.3. The number of piperidine rings is 1. The highest BCUT2D eigenvalue weighted by Crippen LogP contribution is 2.39. The fraction of sp³-hybridized carbons (Fsp3) is 0.455. The molecular formula is C33H43N7O3. The number of rotatable bonds is 6. The highest BCUT2D eigenvalue weighted by Gasteiger charge is 2.43. The number of para-hydroxylation sites is 1. The van der Waals surface area contributed by atoms with E-state index in [1.807, 2.05) is 31.2 Å². The number of anilines is 5. The zero-order valence-electron chi connectivity index (χ0n) is 26.5. The van der Waals surface area contributed by atoms with Crippen LogP contribution in [0.3, 0.4) is 0 Å². The van der Waals surface area contributed by atoms with Gasteiger partial charge in [-0.25, -0.2) is 4.98 Å². The third-order valence-electron chi connectivity index (χ3n) is 9.05. The molecule has 10 nitrogen and oxygen atoms in total. The number of likely N-dealkylation sites (tertiary alicyclic amines) is 1. The first-order valence-electron chi connectivity index (χ1n) is 14.8. The molecule has 0 spiro atoms. The molecule has 2 N–H and O–H groups in total. The minimum Gasteiger partial charge on any atom is -0.495 e. The predicted molar refractivity (Wildman–Crippen MR) is 171 cm³/mol. The molecule has 2 amide bonds. The van der Waals surface area contributed by atoms with Gasteiger partial charge < -0.3 is 25.2 Å². The van der Waals surface area contributed by atoms with Crippen LogP contribution in [0, 0.1) is 6.92 Å². The number of benzene rings is 2. The van der Waals surface area contributed by atoms with E-state index >= 15 is 0 Å². The van der Waals surface area contributed by atoms with Gasteiger partial charge in [-0.15, -0.1) is 0 Å². The molecule has 43 heavy (non-hydrogen) atoms. The van der Waals surface area contributed by atoms with Gasteiger partial charge >= 0.3 is 0 Å². The third-order valence-corrected chi connectivity index (χ3v) is 9.05. The van der Waals surface area contributed by atoms with E-state index in [9.17, 15) is 9.59 Å². The van der Waals surface area contributed by atoms with E-state index in [-0.39, 0.29) is 28.9 Å². The lowest BCUT2D eigenvalue weighted by Gasteiger charge is -2.53. The van der Waals surface area contributed by atoms with Gasteiger partial charge in [0.1, 0.15) is 11.4 Å². The average Bonchev–Trinajstić information content (AvgIpc) is 3.07. The number of fused-ring (bicyclic) bond motifs is 1. The van der Waals surface area contributed by atoms with Gasteiger partial charge in [0.05, 0.1) is 19.0 Å². The molecule has 10 heteroatoms. The predicted octanol–water partition coefficient (Wildman–Crippen LogP) is 5.42. The van der Waals surface area contributed by atoms with E-state index in [1.165, 1.54) is 0 Å². The van der Waals surface area contributed by atoms with Crippen molar-refractivity contribution in [2.24, 2.45) is 0 Å². The summed E-state index contributed by atoms with van der Waals surface area (Å²) in [6.07, 6.45) is 3.75. The molecule has 0 bridgehead atoms. The van der Waals surface area contributed by atoms with Gasteiger partial charge in [0.15, 0.2) is 5.82 Å². The summed E-state index contributed by atoms with van der Waals surface area (Å²) in [5.41, 5.74) is 3.79. The second-order valence-corrected chi connectivity index (χ2v) is 12.8. The number of aryl methyl sites for hydroxylation is 1. The number of hydrogen-bond donors (Lipinski definition) is 2.